The predicted molar refractivity (Wildman–Crippen MR) is 62.9 cm³/mol. The Hall–Kier alpha value is -1.38. The third-order valence-corrected chi connectivity index (χ3v) is 3.13. The number of pyridine rings is 1. The van der Waals surface area contributed by atoms with E-state index in [-0.39, 0.29) is 11.8 Å². The van der Waals surface area contributed by atoms with Gasteiger partial charge in [-0.3, -0.25) is 9.78 Å². The van der Waals surface area contributed by atoms with E-state index in [1.165, 1.54) is 12.8 Å². The Bertz CT molecular complexity index is 331. The van der Waals surface area contributed by atoms with Crippen LogP contribution in [0.4, 0.5) is 0 Å². The largest absolute Gasteiger partial charge is 0.355 e. The molecule has 0 saturated heterocycles. The molecule has 3 heteroatoms. The van der Waals surface area contributed by atoms with E-state index in [2.05, 4.69) is 10.3 Å². The van der Waals surface area contributed by atoms with E-state index in [1.807, 2.05) is 18.2 Å². The zero-order valence-electron chi connectivity index (χ0n) is 9.48. The van der Waals surface area contributed by atoms with E-state index in [0.717, 1.165) is 25.0 Å². The Balaban J connectivity index is 1.70. The molecule has 0 bridgehead atoms. The van der Waals surface area contributed by atoms with Crippen molar-refractivity contribution in [2.75, 3.05) is 6.54 Å². The third kappa shape index (κ3) is 3.05. The van der Waals surface area contributed by atoms with Crippen LogP contribution in [0.25, 0.3) is 0 Å². The maximum Gasteiger partial charge on any atom is 0.223 e. The van der Waals surface area contributed by atoms with Crippen LogP contribution in [-0.4, -0.2) is 17.4 Å². The number of rotatable bonds is 4. The van der Waals surface area contributed by atoms with Gasteiger partial charge in [0, 0.05) is 30.8 Å². The molecule has 1 N–H and O–H groups in total. The zero-order chi connectivity index (χ0) is 11.2. The molecule has 0 unspecified atom stereocenters. The summed E-state index contributed by atoms with van der Waals surface area (Å²) < 4.78 is 0. The first-order chi connectivity index (χ1) is 7.86. The van der Waals surface area contributed by atoms with Crippen LogP contribution in [0.3, 0.4) is 0 Å². The zero-order valence-corrected chi connectivity index (χ0v) is 9.48. The van der Waals surface area contributed by atoms with E-state index in [9.17, 15) is 4.79 Å². The van der Waals surface area contributed by atoms with Crippen LogP contribution in [-0.2, 0) is 11.2 Å². The molecule has 1 fully saturated rings. The molecule has 0 aliphatic heterocycles. The number of hydrogen-bond acceptors (Lipinski definition) is 2. The Morgan fingerprint density at radius 1 is 1.38 bits per heavy atom. The monoisotopic (exact) mass is 218 g/mol. The van der Waals surface area contributed by atoms with Gasteiger partial charge in [-0.25, -0.2) is 0 Å². The van der Waals surface area contributed by atoms with Crippen LogP contribution in [0.1, 0.15) is 31.4 Å². The summed E-state index contributed by atoms with van der Waals surface area (Å²) >= 11 is 0. The molecule has 0 atom stereocenters. The molecular weight excluding hydrogens is 200 g/mol. The van der Waals surface area contributed by atoms with Gasteiger partial charge in [0.05, 0.1) is 0 Å². The van der Waals surface area contributed by atoms with E-state index >= 15 is 0 Å². The van der Waals surface area contributed by atoms with E-state index in [0.29, 0.717) is 6.54 Å². The quantitative estimate of drug-likeness (QED) is 0.839. The first-order valence-electron chi connectivity index (χ1n) is 6.04. The summed E-state index contributed by atoms with van der Waals surface area (Å²) in [6.45, 7) is 0.701. The fourth-order valence-electron chi connectivity index (χ4n) is 2.19. The normalized spacial score (nSPS) is 16.2. The highest BCUT2D eigenvalue weighted by Crippen LogP contribution is 2.24. The number of carbonyl (C=O) groups excluding carboxylic acids is 1. The summed E-state index contributed by atoms with van der Waals surface area (Å²) in [5, 5.41) is 2.99. The summed E-state index contributed by atoms with van der Waals surface area (Å²) in [7, 11) is 0. The summed E-state index contributed by atoms with van der Waals surface area (Å²) in [6, 6.07) is 5.86. The van der Waals surface area contributed by atoms with Gasteiger partial charge in [-0.05, 0) is 25.0 Å². The van der Waals surface area contributed by atoms with Crippen molar-refractivity contribution in [2.45, 2.75) is 32.1 Å². The molecule has 1 aliphatic rings. The standard InChI is InChI=1S/C13H18N2O/c16-13(11-5-1-2-6-11)15-10-8-12-7-3-4-9-14-12/h3-4,7,9,11H,1-2,5-6,8,10H2,(H,15,16). The minimum absolute atomic E-state index is 0.230. The average molecular weight is 218 g/mol. The van der Waals surface area contributed by atoms with Crippen molar-refractivity contribution in [3.8, 4) is 0 Å². The smallest absolute Gasteiger partial charge is 0.223 e. The molecule has 16 heavy (non-hydrogen) atoms. The first kappa shape index (κ1) is 11.1. The minimum Gasteiger partial charge on any atom is -0.355 e. The van der Waals surface area contributed by atoms with Gasteiger partial charge in [0.2, 0.25) is 5.91 Å². The van der Waals surface area contributed by atoms with Gasteiger partial charge in [0.15, 0.2) is 0 Å². The molecule has 1 aromatic rings. The van der Waals surface area contributed by atoms with Crippen LogP contribution in [0.2, 0.25) is 0 Å². The predicted octanol–water partition coefficient (Wildman–Crippen LogP) is 1.93. The number of aromatic nitrogens is 1. The Kier molecular flexibility index (Phi) is 3.91. The van der Waals surface area contributed by atoms with Crippen LogP contribution >= 0.6 is 0 Å². The van der Waals surface area contributed by atoms with E-state index < -0.39 is 0 Å². The highest BCUT2D eigenvalue weighted by atomic mass is 16.1. The molecule has 1 saturated carbocycles. The number of hydrogen-bond donors (Lipinski definition) is 1. The van der Waals surface area contributed by atoms with Gasteiger partial charge in [-0.2, -0.15) is 0 Å². The molecule has 2 rings (SSSR count). The van der Waals surface area contributed by atoms with Crippen molar-refractivity contribution >= 4 is 5.91 Å². The Morgan fingerprint density at radius 3 is 2.88 bits per heavy atom. The van der Waals surface area contributed by atoms with Crippen LogP contribution < -0.4 is 5.32 Å². The van der Waals surface area contributed by atoms with Gasteiger partial charge in [-0.1, -0.05) is 18.9 Å². The van der Waals surface area contributed by atoms with Crippen molar-refractivity contribution in [1.29, 1.82) is 0 Å². The van der Waals surface area contributed by atoms with Crippen molar-refractivity contribution in [1.82, 2.24) is 10.3 Å². The van der Waals surface area contributed by atoms with Crippen LogP contribution in [0.15, 0.2) is 24.4 Å². The lowest BCUT2D eigenvalue weighted by atomic mass is 10.1. The molecule has 3 nitrogen and oxygen atoms in total. The van der Waals surface area contributed by atoms with Crippen molar-refractivity contribution in [2.24, 2.45) is 5.92 Å². The molecule has 1 aliphatic carbocycles. The third-order valence-electron chi connectivity index (χ3n) is 3.13. The number of amides is 1. The van der Waals surface area contributed by atoms with Crippen molar-refractivity contribution < 1.29 is 4.79 Å². The number of nitrogens with zero attached hydrogens (tertiary/aromatic N) is 1. The van der Waals surface area contributed by atoms with Crippen molar-refractivity contribution in [3.05, 3.63) is 30.1 Å². The molecular formula is C13H18N2O. The average Bonchev–Trinajstić information content (AvgIpc) is 2.84. The van der Waals surface area contributed by atoms with Gasteiger partial charge >= 0.3 is 0 Å². The van der Waals surface area contributed by atoms with Crippen LogP contribution in [0.5, 0.6) is 0 Å². The molecule has 1 amide bonds. The Labute approximate surface area is 96.3 Å². The lowest BCUT2D eigenvalue weighted by Crippen LogP contribution is -2.31. The van der Waals surface area contributed by atoms with Gasteiger partial charge < -0.3 is 5.32 Å². The molecule has 0 spiro atoms. The summed E-state index contributed by atoms with van der Waals surface area (Å²) in [5.74, 6) is 0.497. The minimum atomic E-state index is 0.230. The number of carbonyl (C=O) groups is 1. The van der Waals surface area contributed by atoms with Gasteiger partial charge in [-0.15, -0.1) is 0 Å². The van der Waals surface area contributed by atoms with Gasteiger partial charge in [0.25, 0.3) is 0 Å². The van der Waals surface area contributed by atoms with Gasteiger partial charge in [0.1, 0.15) is 0 Å². The SMILES string of the molecule is O=C(NCCc1ccccn1)C1CCCC1. The Morgan fingerprint density at radius 2 is 2.19 bits per heavy atom. The molecule has 1 heterocycles. The highest BCUT2D eigenvalue weighted by molar-refractivity contribution is 5.78. The number of nitrogens with one attached hydrogen (secondary N) is 1. The summed E-state index contributed by atoms with van der Waals surface area (Å²) in [6.07, 6.45) is 7.15. The second-order valence-electron chi connectivity index (χ2n) is 4.34. The summed E-state index contributed by atoms with van der Waals surface area (Å²) in [4.78, 5) is 15.9. The maximum absolute atomic E-state index is 11.7. The molecule has 0 radical (unpaired) electrons. The van der Waals surface area contributed by atoms with E-state index in [1.54, 1.807) is 6.20 Å². The highest BCUT2D eigenvalue weighted by Gasteiger charge is 2.21. The van der Waals surface area contributed by atoms with E-state index in [4.69, 9.17) is 0 Å². The fourth-order valence-corrected chi connectivity index (χ4v) is 2.19. The molecule has 0 aromatic carbocycles. The maximum atomic E-state index is 11.7. The second-order valence-corrected chi connectivity index (χ2v) is 4.34. The lowest BCUT2D eigenvalue weighted by Gasteiger charge is -2.09. The van der Waals surface area contributed by atoms with Crippen molar-refractivity contribution in [3.63, 3.8) is 0 Å². The summed E-state index contributed by atoms with van der Waals surface area (Å²) in [5.41, 5.74) is 1.04. The molecule has 86 valence electrons. The first-order valence-corrected chi connectivity index (χ1v) is 6.04. The topological polar surface area (TPSA) is 42.0 Å². The lowest BCUT2D eigenvalue weighted by molar-refractivity contribution is -0.124. The van der Waals surface area contributed by atoms with Crippen LogP contribution in [0, 0.1) is 5.92 Å². The second kappa shape index (κ2) is 5.64. The molecule has 1 aromatic heterocycles. The fraction of sp³-hybridized carbons (Fsp3) is 0.538.